The highest BCUT2D eigenvalue weighted by Crippen LogP contribution is 2.33. The largest absolute Gasteiger partial charge is 0.490 e. The third-order valence-corrected chi connectivity index (χ3v) is 5.04. The van der Waals surface area contributed by atoms with Crippen LogP contribution in [0.1, 0.15) is 12.8 Å². The maximum atomic E-state index is 6.08. The molecule has 0 aliphatic carbocycles. The van der Waals surface area contributed by atoms with Crippen molar-refractivity contribution >= 4 is 27.5 Å². The van der Waals surface area contributed by atoms with Crippen molar-refractivity contribution in [1.82, 2.24) is 4.90 Å². The van der Waals surface area contributed by atoms with Crippen LogP contribution in [0.25, 0.3) is 0 Å². The van der Waals surface area contributed by atoms with E-state index in [9.17, 15) is 0 Å². The van der Waals surface area contributed by atoms with Crippen LogP contribution >= 0.6 is 27.5 Å². The molecule has 0 saturated carbocycles. The van der Waals surface area contributed by atoms with Crippen LogP contribution in [0.2, 0.25) is 5.02 Å². The van der Waals surface area contributed by atoms with E-state index in [1.165, 1.54) is 0 Å². The van der Waals surface area contributed by atoms with Crippen molar-refractivity contribution in [3.63, 3.8) is 0 Å². The number of likely N-dealkylation sites (N-methyl/N-ethyl adjacent to an activating group) is 1. The number of hydrogen-bond acceptors (Lipinski definition) is 2. The summed E-state index contributed by atoms with van der Waals surface area (Å²) in [5, 5.41) is 0.696. The summed E-state index contributed by atoms with van der Waals surface area (Å²) < 4.78 is 6.95. The van der Waals surface area contributed by atoms with Gasteiger partial charge in [0.2, 0.25) is 0 Å². The molecular formula is C14H15BrClNO. The van der Waals surface area contributed by atoms with Gasteiger partial charge in [0.05, 0.1) is 5.02 Å². The SMILES string of the molecule is CN1C2C=CC1CC(Oc1ccc(Br)c(Cl)c1)C2. The van der Waals surface area contributed by atoms with E-state index in [4.69, 9.17) is 16.3 Å². The lowest BCUT2D eigenvalue weighted by atomic mass is 9.99. The van der Waals surface area contributed by atoms with E-state index in [1.54, 1.807) is 0 Å². The molecule has 4 heteroatoms. The minimum Gasteiger partial charge on any atom is -0.490 e. The van der Waals surface area contributed by atoms with Crippen molar-refractivity contribution < 1.29 is 4.74 Å². The van der Waals surface area contributed by atoms with Gasteiger partial charge < -0.3 is 4.74 Å². The van der Waals surface area contributed by atoms with Crippen molar-refractivity contribution in [1.29, 1.82) is 0 Å². The second-order valence-electron chi connectivity index (χ2n) is 4.97. The molecule has 2 unspecified atom stereocenters. The Balaban J connectivity index is 1.69. The van der Waals surface area contributed by atoms with Crippen molar-refractivity contribution in [2.24, 2.45) is 0 Å². The summed E-state index contributed by atoms with van der Waals surface area (Å²) in [5.74, 6) is 0.858. The molecule has 2 nitrogen and oxygen atoms in total. The first-order valence-electron chi connectivity index (χ1n) is 6.15. The Morgan fingerprint density at radius 3 is 2.56 bits per heavy atom. The Morgan fingerprint density at radius 2 is 1.94 bits per heavy atom. The Hall–Kier alpha value is -0.510. The third-order valence-electron chi connectivity index (χ3n) is 3.80. The smallest absolute Gasteiger partial charge is 0.121 e. The fraction of sp³-hybridized carbons (Fsp3) is 0.429. The molecule has 0 radical (unpaired) electrons. The van der Waals surface area contributed by atoms with Crippen LogP contribution in [0, 0.1) is 0 Å². The van der Waals surface area contributed by atoms with Gasteiger partial charge >= 0.3 is 0 Å². The van der Waals surface area contributed by atoms with Gasteiger partial charge in [0.25, 0.3) is 0 Å². The van der Waals surface area contributed by atoms with Gasteiger partial charge in [-0.2, -0.15) is 0 Å². The molecule has 2 aliphatic rings. The fourth-order valence-electron chi connectivity index (χ4n) is 2.74. The number of ether oxygens (including phenoxy) is 1. The van der Waals surface area contributed by atoms with Crippen LogP contribution in [0.5, 0.6) is 5.75 Å². The molecule has 96 valence electrons. The fourth-order valence-corrected chi connectivity index (χ4v) is 3.15. The van der Waals surface area contributed by atoms with E-state index in [-0.39, 0.29) is 6.10 Å². The van der Waals surface area contributed by atoms with E-state index < -0.39 is 0 Å². The van der Waals surface area contributed by atoms with Crippen molar-refractivity contribution in [2.75, 3.05) is 7.05 Å². The zero-order valence-electron chi connectivity index (χ0n) is 10.1. The van der Waals surface area contributed by atoms with Gasteiger partial charge in [-0.3, -0.25) is 4.90 Å². The van der Waals surface area contributed by atoms with Crippen LogP contribution in [-0.4, -0.2) is 30.1 Å². The molecule has 1 aromatic rings. The standard InChI is InChI=1S/C14H15BrClNO/c1-17-9-2-3-10(17)7-12(6-9)18-11-4-5-13(15)14(16)8-11/h2-5,8-10,12H,6-7H2,1H3. The van der Waals surface area contributed by atoms with E-state index in [0.717, 1.165) is 23.1 Å². The molecule has 0 N–H and O–H groups in total. The summed E-state index contributed by atoms with van der Waals surface area (Å²) in [5.41, 5.74) is 0. The van der Waals surface area contributed by atoms with Gasteiger partial charge in [-0.15, -0.1) is 0 Å². The first-order chi connectivity index (χ1) is 8.63. The molecule has 2 heterocycles. The molecule has 0 spiro atoms. The lowest BCUT2D eigenvalue weighted by Crippen LogP contribution is -2.44. The Labute approximate surface area is 121 Å². The average Bonchev–Trinajstić information content (AvgIpc) is 2.58. The normalized spacial score (nSPS) is 30.7. The number of nitrogens with zero attached hydrogens (tertiary/aromatic N) is 1. The second kappa shape index (κ2) is 4.87. The highest BCUT2D eigenvalue weighted by molar-refractivity contribution is 9.10. The van der Waals surface area contributed by atoms with Crippen molar-refractivity contribution in [3.05, 3.63) is 39.8 Å². The molecule has 1 fully saturated rings. The minimum atomic E-state index is 0.281. The minimum absolute atomic E-state index is 0.281. The number of piperidine rings is 1. The molecule has 0 amide bonds. The van der Waals surface area contributed by atoms with Crippen molar-refractivity contribution in [3.8, 4) is 5.75 Å². The summed E-state index contributed by atoms with van der Waals surface area (Å²) in [6.45, 7) is 0. The van der Waals surface area contributed by atoms with Crippen LogP contribution < -0.4 is 4.74 Å². The second-order valence-corrected chi connectivity index (χ2v) is 6.23. The average molecular weight is 329 g/mol. The highest BCUT2D eigenvalue weighted by Gasteiger charge is 2.35. The molecule has 2 bridgehead atoms. The maximum Gasteiger partial charge on any atom is 0.121 e. The maximum absolute atomic E-state index is 6.08. The summed E-state index contributed by atoms with van der Waals surface area (Å²) >= 11 is 9.46. The zero-order valence-corrected chi connectivity index (χ0v) is 12.5. The molecular weight excluding hydrogens is 314 g/mol. The number of rotatable bonds is 2. The monoisotopic (exact) mass is 327 g/mol. The first-order valence-corrected chi connectivity index (χ1v) is 7.32. The number of benzene rings is 1. The molecule has 18 heavy (non-hydrogen) atoms. The number of fused-ring (bicyclic) bond motifs is 2. The molecule has 2 aliphatic heterocycles. The third kappa shape index (κ3) is 2.31. The summed E-state index contributed by atoms with van der Waals surface area (Å²) in [4.78, 5) is 2.41. The van der Waals surface area contributed by atoms with E-state index in [0.29, 0.717) is 17.1 Å². The molecule has 0 aromatic heterocycles. The lowest BCUT2D eigenvalue weighted by molar-refractivity contribution is 0.0751. The Bertz CT molecular complexity index is 475. The van der Waals surface area contributed by atoms with Crippen LogP contribution in [0.4, 0.5) is 0 Å². The number of halogens is 2. The Kier molecular flexibility index (Phi) is 3.39. The van der Waals surface area contributed by atoms with Gasteiger partial charge in [-0.25, -0.2) is 0 Å². The van der Waals surface area contributed by atoms with Crippen LogP contribution in [0.3, 0.4) is 0 Å². The quantitative estimate of drug-likeness (QED) is 0.764. The van der Waals surface area contributed by atoms with E-state index >= 15 is 0 Å². The molecule has 3 rings (SSSR count). The number of hydrogen-bond donors (Lipinski definition) is 0. The lowest BCUT2D eigenvalue weighted by Gasteiger charge is -2.36. The van der Waals surface area contributed by atoms with Gasteiger partial charge in [-0.1, -0.05) is 23.8 Å². The summed E-state index contributed by atoms with van der Waals surface area (Å²) in [6, 6.07) is 6.82. The van der Waals surface area contributed by atoms with Gasteiger partial charge in [0, 0.05) is 29.4 Å². The molecule has 1 aromatic carbocycles. The predicted octanol–water partition coefficient (Wildman–Crippen LogP) is 3.88. The molecule has 2 atom stereocenters. The van der Waals surface area contributed by atoms with Crippen molar-refractivity contribution in [2.45, 2.75) is 31.0 Å². The summed E-state index contributed by atoms with van der Waals surface area (Å²) in [7, 11) is 2.18. The van der Waals surface area contributed by atoms with Crippen LogP contribution in [0.15, 0.2) is 34.8 Å². The topological polar surface area (TPSA) is 12.5 Å². The molecule has 1 saturated heterocycles. The first kappa shape index (κ1) is 12.5. The highest BCUT2D eigenvalue weighted by atomic mass is 79.9. The van der Waals surface area contributed by atoms with Gasteiger partial charge in [0.1, 0.15) is 11.9 Å². The predicted molar refractivity (Wildman–Crippen MR) is 77.3 cm³/mol. The van der Waals surface area contributed by atoms with Crippen LogP contribution in [-0.2, 0) is 0 Å². The van der Waals surface area contributed by atoms with Gasteiger partial charge in [-0.05, 0) is 41.2 Å². The van der Waals surface area contributed by atoms with E-state index in [2.05, 4.69) is 40.0 Å². The zero-order chi connectivity index (χ0) is 12.7. The van der Waals surface area contributed by atoms with E-state index in [1.807, 2.05) is 18.2 Å². The Morgan fingerprint density at radius 1 is 1.28 bits per heavy atom. The van der Waals surface area contributed by atoms with Gasteiger partial charge in [0.15, 0.2) is 0 Å². The summed E-state index contributed by atoms with van der Waals surface area (Å²) in [6.07, 6.45) is 6.97.